The Morgan fingerprint density at radius 2 is 1.03 bits per heavy atom. The molecule has 1 amide bonds. The van der Waals surface area contributed by atoms with Crippen LogP contribution in [0.2, 0.25) is 0 Å². The van der Waals surface area contributed by atoms with Crippen molar-refractivity contribution in [3.8, 4) is 0 Å². The first kappa shape index (κ1) is 27.8. The summed E-state index contributed by atoms with van der Waals surface area (Å²) in [6, 6.07) is 0. The maximum absolute atomic E-state index is 12.4. The predicted molar refractivity (Wildman–Crippen MR) is 122 cm³/mol. The molecule has 0 bridgehead atoms. The number of carbonyl (C=O) groups is 3. The van der Waals surface area contributed by atoms with Gasteiger partial charge >= 0.3 is 0 Å². The molecule has 0 N–H and O–H groups in total. The Morgan fingerprint density at radius 1 is 0.621 bits per heavy atom. The summed E-state index contributed by atoms with van der Waals surface area (Å²) >= 11 is 0. The van der Waals surface area contributed by atoms with Crippen molar-refractivity contribution < 1.29 is 14.4 Å². The first-order valence-corrected chi connectivity index (χ1v) is 12.2. The van der Waals surface area contributed by atoms with E-state index < -0.39 is 0 Å². The average molecular weight is 410 g/mol. The van der Waals surface area contributed by atoms with Crippen molar-refractivity contribution in [2.24, 2.45) is 11.8 Å². The van der Waals surface area contributed by atoms with Crippen LogP contribution in [-0.4, -0.2) is 35.5 Å². The molecular formula is C25H47NO3. The number of nitrogens with zero attached hydrogens (tertiary/aromatic N) is 1. The summed E-state index contributed by atoms with van der Waals surface area (Å²) in [5.74, 6) is 0.714. The molecule has 0 aliphatic carbocycles. The zero-order valence-electron chi connectivity index (χ0n) is 19.9. The molecule has 0 aliphatic heterocycles. The van der Waals surface area contributed by atoms with Crippen LogP contribution in [-0.2, 0) is 14.4 Å². The number of ketones is 2. The summed E-state index contributed by atoms with van der Waals surface area (Å²) in [7, 11) is 0. The van der Waals surface area contributed by atoms with E-state index in [9.17, 15) is 14.4 Å². The van der Waals surface area contributed by atoms with Crippen molar-refractivity contribution in [1.29, 1.82) is 0 Å². The Bertz CT molecular complexity index is 427. The van der Waals surface area contributed by atoms with E-state index in [4.69, 9.17) is 0 Å². The van der Waals surface area contributed by atoms with Crippen molar-refractivity contribution in [3.05, 3.63) is 0 Å². The maximum Gasteiger partial charge on any atom is 0.222 e. The maximum atomic E-state index is 12.4. The van der Waals surface area contributed by atoms with E-state index in [2.05, 4.69) is 13.8 Å². The van der Waals surface area contributed by atoms with E-state index in [1.807, 2.05) is 11.8 Å². The summed E-state index contributed by atoms with van der Waals surface area (Å²) in [6.45, 7) is 10.9. The van der Waals surface area contributed by atoms with Gasteiger partial charge in [-0.05, 0) is 39.5 Å². The van der Waals surface area contributed by atoms with Crippen LogP contribution in [0.3, 0.4) is 0 Å². The zero-order valence-corrected chi connectivity index (χ0v) is 19.9. The molecule has 0 aliphatic rings. The van der Waals surface area contributed by atoms with Gasteiger partial charge in [0, 0.05) is 31.3 Å². The van der Waals surface area contributed by atoms with Gasteiger partial charge in [-0.2, -0.15) is 0 Å². The zero-order chi connectivity index (χ0) is 22.1. The second-order valence-corrected chi connectivity index (χ2v) is 8.63. The minimum absolute atomic E-state index is 0.0525. The number of unbranched alkanes of at least 4 members (excludes halogenated alkanes) is 6. The second-order valence-electron chi connectivity index (χ2n) is 8.63. The third-order valence-electron chi connectivity index (χ3n) is 6.11. The van der Waals surface area contributed by atoms with Gasteiger partial charge in [0.25, 0.3) is 0 Å². The van der Waals surface area contributed by atoms with E-state index in [1.54, 1.807) is 13.8 Å². The van der Waals surface area contributed by atoms with Crippen LogP contribution in [0.1, 0.15) is 118 Å². The fourth-order valence-electron chi connectivity index (χ4n) is 3.94. The normalized spacial score (nSPS) is 13.1. The van der Waals surface area contributed by atoms with E-state index in [-0.39, 0.29) is 29.3 Å². The van der Waals surface area contributed by atoms with Crippen LogP contribution < -0.4 is 0 Å². The van der Waals surface area contributed by atoms with Gasteiger partial charge in [0.05, 0.1) is 0 Å². The Balaban J connectivity index is 4.66. The van der Waals surface area contributed by atoms with Crippen LogP contribution in [0.15, 0.2) is 0 Å². The summed E-state index contributed by atoms with van der Waals surface area (Å²) < 4.78 is 0. The molecule has 29 heavy (non-hydrogen) atoms. The third-order valence-corrected chi connectivity index (χ3v) is 6.11. The third kappa shape index (κ3) is 13.6. The van der Waals surface area contributed by atoms with Crippen molar-refractivity contribution in [3.63, 3.8) is 0 Å². The number of rotatable bonds is 19. The summed E-state index contributed by atoms with van der Waals surface area (Å²) in [5.41, 5.74) is 0. The SMILES string of the molecule is CCCCCCC(CCN(CCC(CCCCCC)C(C)=O)C(=O)CC)C(C)=O. The topological polar surface area (TPSA) is 54.5 Å². The summed E-state index contributed by atoms with van der Waals surface area (Å²) in [6.07, 6.45) is 13.2. The quantitative estimate of drug-likeness (QED) is 0.233. The van der Waals surface area contributed by atoms with Gasteiger partial charge in [0.2, 0.25) is 5.91 Å². The number of hydrogen-bond donors (Lipinski definition) is 0. The minimum atomic E-state index is 0.0525. The number of carbonyl (C=O) groups excluding carboxylic acids is 3. The van der Waals surface area contributed by atoms with Crippen molar-refractivity contribution >= 4 is 17.5 Å². The van der Waals surface area contributed by atoms with E-state index in [1.165, 1.54) is 38.5 Å². The molecule has 4 nitrogen and oxygen atoms in total. The Morgan fingerprint density at radius 3 is 1.34 bits per heavy atom. The minimum Gasteiger partial charge on any atom is -0.343 e. The Labute approximate surface area is 180 Å². The highest BCUT2D eigenvalue weighted by Crippen LogP contribution is 2.19. The van der Waals surface area contributed by atoms with Crippen molar-refractivity contribution in [2.45, 2.75) is 118 Å². The molecule has 0 aromatic carbocycles. The van der Waals surface area contributed by atoms with Crippen LogP contribution >= 0.6 is 0 Å². The molecule has 170 valence electrons. The van der Waals surface area contributed by atoms with Gasteiger partial charge in [-0.3, -0.25) is 14.4 Å². The molecule has 4 heteroatoms. The van der Waals surface area contributed by atoms with Gasteiger partial charge in [0.1, 0.15) is 11.6 Å². The molecule has 0 saturated carbocycles. The highest BCUT2D eigenvalue weighted by atomic mass is 16.2. The molecule has 0 fully saturated rings. The lowest BCUT2D eigenvalue weighted by Crippen LogP contribution is -2.35. The number of amides is 1. The molecule has 0 saturated heterocycles. The highest BCUT2D eigenvalue weighted by molar-refractivity contribution is 5.79. The summed E-state index contributed by atoms with van der Waals surface area (Å²) in [5, 5.41) is 0. The lowest BCUT2D eigenvalue weighted by atomic mass is 9.92. The monoisotopic (exact) mass is 409 g/mol. The molecule has 0 spiro atoms. The predicted octanol–water partition coefficient (Wildman–Crippen LogP) is 6.36. The van der Waals surface area contributed by atoms with Crippen LogP contribution in [0, 0.1) is 11.8 Å². The molecule has 0 aromatic heterocycles. The lowest BCUT2D eigenvalue weighted by molar-refractivity contribution is -0.132. The lowest BCUT2D eigenvalue weighted by Gasteiger charge is -2.26. The van der Waals surface area contributed by atoms with E-state index >= 15 is 0 Å². The van der Waals surface area contributed by atoms with Crippen molar-refractivity contribution in [2.75, 3.05) is 13.1 Å². The standard InChI is InChI=1S/C25H47NO3/c1-6-9-11-13-15-23(21(4)27)17-19-26(25(29)8-3)20-18-24(22(5)28)16-14-12-10-7-2/h23-24H,6-20H2,1-5H3. The first-order valence-electron chi connectivity index (χ1n) is 12.2. The largest absolute Gasteiger partial charge is 0.343 e. The molecule has 0 radical (unpaired) electrons. The molecule has 0 heterocycles. The van der Waals surface area contributed by atoms with E-state index in [0.717, 1.165) is 38.5 Å². The van der Waals surface area contributed by atoms with Crippen LogP contribution in [0.25, 0.3) is 0 Å². The van der Waals surface area contributed by atoms with Crippen LogP contribution in [0.5, 0.6) is 0 Å². The molecule has 0 aromatic rings. The van der Waals surface area contributed by atoms with Gasteiger partial charge in [-0.1, -0.05) is 72.1 Å². The first-order chi connectivity index (χ1) is 13.9. The van der Waals surface area contributed by atoms with E-state index in [0.29, 0.717) is 19.5 Å². The molecular weight excluding hydrogens is 362 g/mol. The molecule has 2 atom stereocenters. The van der Waals surface area contributed by atoms with Gasteiger partial charge < -0.3 is 4.90 Å². The van der Waals surface area contributed by atoms with Crippen molar-refractivity contribution in [1.82, 2.24) is 4.90 Å². The highest BCUT2D eigenvalue weighted by Gasteiger charge is 2.21. The molecule has 0 rings (SSSR count). The average Bonchev–Trinajstić information content (AvgIpc) is 2.69. The van der Waals surface area contributed by atoms with Gasteiger partial charge in [0.15, 0.2) is 0 Å². The summed E-state index contributed by atoms with van der Waals surface area (Å²) in [4.78, 5) is 38.4. The number of Topliss-reactive ketones (excluding diaryl/α,β-unsaturated/α-hetero) is 2. The van der Waals surface area contributed by atoms with Crippen LogP contribution in [0.4, 0.5) is 0 Å². The number of hydrogen-bond acceptors (Lipinski definition) is 3. The van der Waals surface area contributed by atoms with Gasteiger partial charge in [-0.15, -0.1) is 0 Å². The molecule has 2 unspecified atom stereocenters. The smallest absolute Gasteiger partial charge is 0.222 e. The fourth-order valence-corrected chi connectivity index (χ4v) is 3.94. The van der Waals surface area contributed by atoms with Gasteiger partial charge in [-0.25, -0.2) is 0 Å². The Hall–Kier alpha value is -1.19. The second kappa shape index (κ2) is 17.7. The fraction of sp³-hybridized carbons (Fsp3) is 0.880. The Kier molecular flexibility index (Phi) is 16.9.